The smallest absolute Gasteiger partial charge is 0.416 e. The fraction of sp³-hybridized carbons (Fsp3) is 0.250. The first-order chi connectivity index (χ1) is 15.5. The molecule has 170 valence electrons. The van der Waals surface area contributed by atoms with Crippen molar-refractivity contribution in [2.45, 2.75) is 24.3 Å². The summed E-state index contributed by atoms with van der Waals surface area (Å²) >= 11 is 4.66. The van der Waals surface area contributed by atoms with Gasteiger partial charge in [0.1, 0.15) is 11.5 Å². The molecule has 0 saturated carbocycles. The molecule has 0 heterocycles. The van der Waals surface area contributed by atoms with Crippen LogP contribution in [0.4, 0.5) is 0 Å². The van der Waals surface area contributed by atoms with E-state index in [0.717, 1.165) is 5.56 Å². The molecule has 32 heavy (non-hydrogen) atoms. The highest BCUT2D eigenvalue weighted by Crippen LogP contribution is 2.49. The van der Waals surface area contributed by atoms with Crippen molar-refractivity contribution in [3.8, 4) is 11.5 Å². The molecule has 0 aliphatic carbocycles. The van der Waals surface area contributed by atoms with E-state index in [1.54, 1.807) is 24.3 Å². The Morgan fingerprint density at radius 1 is 0.844 bits per heavy atom. The molecule has 0 aliphatic heterocycles. The predicted molar refractivity (Wildman–Crippen MR) is 131 cm³/mol. The number of para-hydroxylation sites is 2. The van der Waals surface area contributed by atoms with Gasteiger partial charge in [0, 0.05) is 6.54 Å². The van der Waals surface area contributed by atoms with Crippen molar-refractivity contribution in [2.75, 3.05) is 12.7 Å². The first-order valence-corrected chi connectivity index (χ1v) is 12.6. The van der Waals surface area contributed by atoms with Crippen molar-refractivity contribution in [2.24, 2.45) is 5.73 Å². The SMILES string of the molecule is NCC(S)(CCCP(=O)(Oc1ccccc1)Oc1ccccc1)NOCc1ccccc1. The van der Waals surface area contributed by atoms with Crippen LogP contribution in [-0.4, -0.2) is 17.6 Å². The van der Waals surface area contributed by atoms with Crippen LogP contribution >= 0.6 is 20.2 Å². The molecule has 0 radical (unpaired) electrons. The Balaban J connectivity index is 1.59. The van der Waals surface area contributed by atoms with E-state index in [2.05, 4.69) is 18.1 Å². The Bertz CT molecular complexity index is 934. The minimum atomic E-state index is -3.48. The van der Waals surface area contributed by atoms with Crippen LogP contribution in [0.25, 0.3) is 0 Å². The number of nitrogens with one attached hydrogen (secondary N) is 1. The largest absolute Gasteiger partial charge is 0.430 e. The van der Waals surface area contributed by atoms with Crippen LogP contribution in [0, 0.1) is 0 Å². The van der Waals surface area contributed by atoms with Crippen LogP contribution < -0.4 is 20.3 Å². The Labute approximate surface area is 195 Å². The predicted octanol–water partition coefficient (Wildman–Crippen LogP) is 5.42. The van der Waals surface area contributed by atoms with Crippen molar-refractivity contribution >= 4 is 20.2 Å². The number of hydrogen-bond donors (Lipinski definition) is 3. The summed E-state index contributed by atoms with van der Waals surface area (Å²) in [5.74, 6) is 0.985. The van der Waals surface area contributed by atoms with Crippen LogP contribution in [0.1, 0.15) is 18.4 Å². The summed E-state index contributed by atoms with van der Waals surface area (Å²) in [5, 5.41) is 0. The van der Waals surface area contributed by atoms with Gasteiger partial charge in [0.25, 0.3) is 0 Å². The van der Waals surface area contributed by atoms with Crippen LogP contribution in [0.5, 0.6) is 11.5 Å². The zero-order valence-corrected chi connectivity index (χ0v) is 19.6. The van der Waals surface area contributed by atoms with Gasteiger partial charge in [0.2, 0.25) is 0 Å². The number of hydrogen-bond acceptors (Lipinski definition) is 7. The lowest BCUT2D eigenvalue weighted by atomic mass is 10.2. The molecular weight excluding hydrogens is 443 g/mol. The van der Waals surface area contributed by atoms with Crippen LogP contribution in [-0.2, 0) is 16.0 Å². The molecule has 0 fully saturated rings. The molecule has 3 aromatic carbocycles. The van der Waals surface area contributed by atoms with Gasteiger partial charge in [-0.15, -0.1) is 0 Å². The van der Waals surface area contributed by atoms with Crippen molar-refractivity contribution in [1.82, 2.24) is 5.48 Å². The average molecular weight is 473 g/mol. The lowest BCUT2D eigenvalue weighted by Crippen LogP contribution is -2.46. The highest BCUT2D eigenvalue weighted by atomic mass is 32.1. The van der Waals surface area contributed by atoms with Crippen LogP contribution in [0.2, 0.25) is 0 Å². The third-order valence-corrected chi connectivity index (χ3v) is 7.02. The van der Waals surface area contributed by atoms with Gasteiger partial charge in [-0.1, -0.05) is 66.7 Å². The van der Waals surface area contributed by atoms with E-state index in [1.807, 2.05) is 66.7 Å². The normalized spacial score (nSPS) is 13.3. The van der Waals surface area contributed by atoms with Gasteiger partial charge in [0.05, 0.1) is 17.6 Å². The van der Waals surface area contributed by atoms with E-state index in [1.165, 1.54) is 0 Å². The maximum atomic E-state index is 13.6. The molecule has 3 aromatic rings. The van der Waals surface area contributed by atoms with Crippen LogP contribution in [0.3, 0.4) is 0 Å². The minimum absolute atomic E-state index is 0.194. The number of thiol groups is 1. The third-order valence-electron chi connectivity index (χ3n) is 4.68. The molecule has 0 aromatic heterocycles. The molecule has 1 unspecified atom stereocenters. The van der Waals surface area contributed by atoms with E-state index in [-0.39, 0.29) is 12.7 Å². The molecule has 0 amide bonds. The van der Waals surface area contributed by atoms with Gasteiger partial charge < -0.3 is 14.8 Å². The van der Waals surface area contributed by atoms with E-state index in [4.69, 9.17) is 19.6 Å². The van der Waals surface area contributed by atoms with Crippen molar-refractivity contribution in [3.05, 3.63) is 96.6 Å². The average Bonchev–Trinajstić information content (AvgIpc) is 2.81. The molecule has 3 rings (SSSR count). The topological polar surface area (TPSA) is 82.8 Å². The highest BCUT2D eigenvalue weighted by Gasteiger charge is 2.31. The number of rotatable bonds is 13. The Kier molecular flexibility index (Phi) is 9.21. The minimum Gasteiger partial charge on any atom is -0.416 e. The summed E-state index contributed by atoms with van der Waals surface area (Å²) in [6.07, 6.45) is 1.19. The van der Waals surface area contributed by atoms with Gasteiger partial charge in [0.15, 0.2) is 0 Å². The monoisotopic (exact) mass is 472 g/mol. The summed E-state index contributed by atoms with van der Waals surface area (Å²) in [5.41, 5.74) is 9.91. The fourth-order valence-corrected chi connectivity index (χ4v) is 4.86. The summed E-state index contributed by atoms with van der Waals surface area (Å²) < 4.78 is 25.2. The number of hydroxylamine groups is 1. The van der Waals surface area contributed by atoms with Gasteiger partial charge >= 0.3 is 7.60 Å². The maximum Gasteiger partial charge on any atom is 0.430 e. The summed E-state index contributed by atoms with van der Waals surface area (Å²) in [6.45, 7) is 0.615. The second kappa shape index (κ2) is 12.1. The Morgan fingerprint density at radius 3 is 1.84 bits per heavy atom. The van der Waals surface area contributed by atoms with Gasteiger partial charge in [-0.3, -0.25) is 4.84 Å². The molecule has 0 bridgehead atoms. The van der Waals surface area contributed by atoms with Crippen LogP contribution in [0.15, 0.2) is 91.0 Å². The summed E-state index contributed by atoms with van der Waals surface area (Å²) in [6, 6.07) is 27.8. The van der Waals surface area contributed by atoms with Crippen molar-refractivity contribution < 1.29 is 18.5 Å². The van der Waals surface area contributed by atoms with Crippen molar-refractivity contribution in [3.63, 3.8) is 0 Å². The molecule has 0 spiro atoms. The Morgan fingerprint density at radius 2 is 1.34 bits per heavy atom. The second-order valence-corrected chi connectivity index (χ2v) is 10.2. The first-order valence-electron chi connectivity index (χ1n) is 10.4. The second-order valence-electron chi connectivity index (χ2n) is 7.36. The first kappa shape index (κ1) is 24.4. The van der Waals surface area contributed by atoms with Gasteiger partial charge in [-0.25, -0.2) is 4.57 Å². The van der Waals surface area contributed by atoms with E-state index in [9.17, 15) is 4.57 Å². The zero-order chi connectivity index (χ0) is 22.7. The number of nitrogens with two attached hydrogens (primary N) is 1. The standard InChI is InChI=1S/C24H29N2O4PS/c25-20-24(32,26-28-19-21-11-4-1-5-12-21)17-10-18-31(27,29-22-13-6-2-7-14-22)30-23-15-8-3-9-16-23/h1-9,11-16,26,32H,10,17-20,25H2. The van der Waals surface area contributed by atoms with Gasteiger partial charge in [-0.05, 0) is 42.7 Å². The molecule has 3 N–H and O–H groups in total. The molecule has 8 heteroatoms. The lowest BCUT2D eigenvalue weighted by Gasteiger charge is -2.28. The fourth-order valence-electron chi connectivity index (χ4n) is 2.98. The molecule has 0 aliphatic rings. The van der Waals surface area contributed by atoms with E-state index < -0.39 is 12.5 Å². The highest BCUT2D eigenvalue weighted by molar-refractivity contribution is 7.81. The molecule has 1 atom stereocenters. The van der Waals surface area contributed by atoms with E-state index >= 15 is 0 Å². The Hall–Kier alpha value is -2.28. The maximum absolute atomic E-state index is 13.6. The molecule has 0 saturated heterocycles. The summed E-state index contributed by atoms with van der Waals surface area (Å²) in [7, 11) is -3.48. The van der Waals surface area contributed by atoms with Gasteiger partial charge in [-0.2, -0.15) is 18.1 Å². The number of benzene rings is 3. The quantitative estimate of drug-likeness (QED) is 0.133. The summed E-state index contributed by atoms with van der Waals surface area (Å²) in [4.78, 5) is 4.83. The zero-order valence-electron chi connectivity index (χ0n) is 17.8. The molecular formula is C24H29N2O4PS. The third kappa shape index (κ3) is 8.01. The lowest BCUT2D eigenvalue weighted by molar-refractivity contribution is -0.00572. The van der Waals surface area contributed by atoms with Crippen molar-refractivity contribution in [1.29, 1.82) is 0 Å². The molecule has 6 nitrogen and oxygen atoms in total. The van der Waals surface area contributed by atoms with E-state index in [0.29, 0.717) is 30.9 Å².